The van der Waals surface area contributed by atoms with Crippen molar-refractivity contribution in [2.45, 2.75) is 25.4 Å². The van der Waals surface area contributed by atoms with Gasteiger partial charge in [0, 0.05) is 57.1 Å². The fourth-order valence-electron chi connectivity index (χ4n) is 4.27. The molecular formula is C22H30F3N5O4. The number of nitrogens with zero attached hydrogens (tertiary/aromatic N) is 3. The van der Waals surface area contributed by atoms with Gasteiger partial charge in [-0.1, -0.05) is 0 Å². The summed E-state index contributed by atoms with van der Waals surface area (Å²) >= 11 is 0. The molecule has 3 amide bonds. The van der Waals surface area contributed by atoms with Crippen molar-refractivity contribution < 1.29 is 32.7 Å². The maximum atomic E-state index is 12.0. The Morgan fingerprint density at radius 1 is 0.971 bits per heavy atom. The molecule has 3 aliphatic heterocycles. The number of rotatable bonds is 4. The molecule has 34 heavy (non-hydrogen) atoms. The number of nitrogens with one attached hydrogen (secondary N) is 2. The second-order valence-corrected chi connectivity index (χ2v) is 8.56. The first-order valence-electron chi connectivity index (χ1n) is 11.3. The molecule has 0 bridgehead atoms. The summed E-state index contributed by atoms with van der Waals surface area (Å²) in [5, 5.41) is 12.9. The largest absolute Gasteiger partial charge is 0.490 e. The second-order valence-electron chi connectivity index (χ2n) is 8.56. The van der Waals surface area contributed by atoms with Crippen LogP contribution in [0.5, 0.6) is 0 Å². The van der Waals surface area contributed by atoms with Gasteiger partial charge in [-0.3, -0.25) is 19.9 Å². The van der Waals surface area contributed by atoms with Crippen molar-refractivity contribution >= 4 is 29.3 Å². The van der Waals surface area contributed by atoms with Crippen LogP contribution < -0.4 is 20.4 Å². The van der Waals surface area contributed by atoms with Gasteiger partial charge < -0.3 is 15.3 Å². The van der Waals surface area contributed by atoms with Gasteiger partial charge in [0.1, 0.15) is 0 Å². The lowest BCUT2D eigenvalue weighted by atomic mass is 9.97. The number of halogens is 3. The van der Waals surface area contributed by atoms with Crippen LogP contribution in [-0.2, 0) is 9.59 Å². The summed E-state index contributed by atoms with van der Waals surface area (Å²) in [6, 6.07) is 7.80. The lowest BCUT2D eigenvalue weighted by Gasteiger charge is -2.38. The predicted octanol–water partition coefficient (Wildman–Crippen LogP) is 1.89. The lowest BCUT2D eigenvalue weighted by molar-refractivity contribution is -0.192. The number of aliphatic carboxylic acids is 1. The van der Waals surface area contributed by atoms with E-state index in [9.17, 15) is 22.8 Å². The Bertz CT molecular complexity index is 851. The molecule has 0 spiro atoms. The summed E-state index contributed by atoms with van der Waals surface area (Å²) in [5.74, 6) is -2.11. The van der Waals surface area contributed by atoms with Gasteiger partial charge in [0.05, 0.1) is 0 Å². The van der Waals surface area contributed by atoms with Crippen LogP contribution in [0.4, 0.5) is 29.3 Å². The monoisotopic (exact) mass is 485 g/mol. The number of urea groups is 1. The molecule has 0 atom stereocenters. The average Bonchev–Trinajstić information content (AvgIpc) is 2.80. The van der Waals surface area contributed by atoms with Gasteiger partial charge in [0.2, 0.25) is 5.91 Å². The minimum absolute atomic E-state index is 0.199. The number of anilines is 2. The summed E-state index contributed by atoms with van der Waals surface area (Å²) < 4.78 is 31.7. The first-order chi connectivity index (χ1) is 16.1. The van der Waals surface area contributed by atoms with Crippen molar-refractivity contribution in [3.8, 4) is 0 Å². The Morgan fingerprint density at radius 2 is 1.53 bits per heavy atom. The summed E-state index contributed by atoms with van der Waals surface area (Å²) in [4.78, 5) is 38.8. The third-order valence-electron chi connectivity index (χ3n) is 6.17. The molecule has 3 saturated heterocycles. The molecule has 188 valence electrons. The smallest absolute Gasteiger partial charge is 0.475 e. The van der Waals surface area contributed by atoms with Crippen LogP contribution in [-0.4, -0.2) is 86.4 Å². The van der Waals surface area contributed by atoms with E-state index in [0.717, 1.165) is 37.8 Å². The maximum absolute atomic E-state index is 12.0. The number of piperazine rings is 1. The Morgan fingerprint density at radius 3 is 2.06 bits per heavy atom. The number of carboxylic acids is 1. The summed E-state index contributed by atoms with van der Waals surface area (Å²) in [5.41, 5.74) is 2.04. The Balaban J connectivity index is 0.000000406. The van der Waals surface area contributed by atoms with Gasteiger partial charge in [-0.05, 0) is 56.1 Å². The molecule has 0 unspecified atom stereocenters. The predicted molar refractivity (Wildman–Crippen MR) is 120 cm³/mol. The van der Waals surface area contributed by atoms with Gasteiger partial charge >= 0.3 is 18.2 Å². The molecule has 0 aliphatic carbocycles. The average molecular weight is 486 g/mol. The maximum Gasteiger partial charge on any atom is 0.490 e. The highest BCUT2D eigenvalue weighted by Crippen LogP contribution is 2.24. The topological polar surface area (TPSA) is 105 Å². The Hall–Kier alpha value is -2.86. The minimum Gasteiger partial charge on any atom is -0.475 e. The normalized spacial score (nSPS) is 20.4. The van der Waals surface area contributed by atoms with Crippen LogP contribution in [0, 0.1) is 5.92 Å². The Labute approximate surface area is 195 Å². The molecule has 9 nitrogen and oxygen atoms in total. The molecule has 12 heteroatoms. The third kappa shape index (κ3) is 7.32. The van der Waals surface area contributed by atoms with E-state index < -0.39 is 12.1 Å². The van der Waals surface area contributed by atoms with Gasteiger partial charge in [-0.2, -0.15) is 13.2 Å². The molecule has 4 rings (SSSR count). The second kappa shape index (κ2) is 11.5. The van der Waals surface area contributed by atoms with Crippen LogP contribution in [0.3, 0.4) is 0 Å². The van der Waals surface area contributed by atoms with Crippen molar-refractivity contribution in [3.05, 3.63) is 24.3 Å². The molecule has 3 fully saturated rings. The number of carbonyl (C=O) groups excluding carboxylic acids is 2. The van der Waals surface area contributed by atoms with Crippen molar-refractivity contribution in [2.24, 2.45) is 5.92 Å². The van der Waals surface area contributed by atoms with Crippen molar-refractivity contribution in [2.75, 3.05) is 62.2 Å². The van der Waals surface area contributed by atoms with E-state index in [4.69, 9.17) is 9.90 Å². The van der Waals surface area contributed by atoms with Crippen LogP contribution in [0.15, 0.2) is 24.3 Å². The van der Waals surface area contributed by atoms with E-state index in [-0.39, 0.29) is 11.9 Å². The molecule has 1 aromatic carbocycles. The van der Waals surface area contributed by atoms with Gasteiger partial charge in [-0.15, -0.1) is 0 Å². The zero-order valence-corrected chi connectivity index (χ0v) is 18.8. The van der Waals surface area contributed by atoms with Crippen LogP contribution in [0.1, 0.15) is 19.3 Å². The highest BCUT2D eigenvalue weighted by Gasteiger charge is 2.38. The fraction of sp³-hybridized carbons (Fsp3) is 0.591. The summed E-state index contributed by atoms with van der Waals surface area (Å²) in [7, 11) is 0. The van der Waals surface area contributed by atoms with Gasteiger partial charge in [-0.25, -0.2) is 9.59 Å². The highest BCUT2D eigenvalue weighted by atomic mass is 19.4. The van der Waals surface area contributed by atoms with Gasteiger partial charge in [0.25, 0.3) is 0 Å². The molecule has 0 radical (unpaired) electrons. The zero-order valence-electron chi connectivity index (χ0n) is 18.8. The third-order valence-corrected chi connectivity index (χ3v) is 6.17. The number of benzene rings is 1. The number of amides is 3. The number of hydrogen-bond acceptors (Lipinski definition) is 6. The lowest BCUT2D eigenvalue weighted by Crippen LogP contribution is -2.49. The molecule has 3 N–H and O–H groups in total. The molecule has 3 heterocycles. The van der Waals surface area contributed by atoms with Crippen LogP contribution in [0.2, 0.25) is 0 Å². The van der Waals surface area contributed by atoms with E-state index in [1.54, 1.807) is 4.90 Å². The standard InChI is InChI=1S/C20H29N5O2.C2HF3O2/c26-19-7-10-25(20(27)22-19)18-3-1-17(2-4-18)24-13-11-23(12-14-24)15-16-5-8-21-9-6-16;3-2(4,5)1(6)7/h1-4,16,21H,5-15H2,(H,22,26,27);(H,6,7). The Kier molecular flexibility index (Phi) is 8.72. The number of imide groups is 1. The minimum atomic E-state index is -5.08. The number of carboxylic acid groups (broad SMARTS) is 1. The fourth-order valence-corrected chi connectivity index (χ4v) is 4.27. The molecular weight excluding hydrogens is 455 g/mol. The van der Waals surface area contributed by atoms with Crippen LogP contribution >= 0.6 is 0 Å². The molecule has 0 saturated carbocycles. The number of alkyl halides is 3. The van der Waals surface area contributed by atoms with E-state index >= 15 is 0 Å². The van der Waals surface area contributed by atoms with E-state index in [1.807, 2.05) is 12.1 Å². The number of carbonyl (C=O) groups is 3. The quantitative estimate of drug-likeness (QED) is 0.598. The summed E-state index contributed by atoms with van der Waals surface area (Å²) in [6.45, 7) is 8.33. The highest BCUT2D eigenvalue weighted by molar-refractivity contribution is 6.05. The molecule has 0 aromatic heterocycles. The van der Waals surface area contributed by atoms with Crippen LogP contribution in [0.25, 0.3) is 0 Å². The first kappa shape index (κ1) is 25.8. The number of piperidine rings is 1. The molecule has 3 aliphatic rings. The first-order valence-corrected chi connectivity index (χ1v) is 11.3. The number of hydrogen-bond donors (Lipinski definition) is 3. The van der Waals surface area contributed by atoms with Crippen molar-refractivity contribution in [3.63, 3.8) is 0 Å². The van der Waals surface area contributed by atoms with Crippen molar-refractivity contribution in [1.82, 2.24) is 15.5 Å². The zero-order chi connectivity index (χ0) is 24.7. The van der Waals surface area contributed by atoms with Gasteiger partial charge in [0.15, 0.2) is 0 Å². The van der Waals surface area contributed by atoms with E-state index in [0.29, 0.717) is 13.0 Å². The molecule has 1 aromatic rings. The van der Waals surface area contributed by atoms with E-state index in [1.165, 1.54) is 38.2 Å². The van der Waals surface area contributed by atoms with Crippen molar-refractivity contribution in [1.29, 1.82) is 0 Å². The van der Waals surface area contributed by atoms with E-state index in [2.05, 4.69) is 32.6 Å². The SMILES string of the molecule is O=C(O)C(F)(F)F.O=C1CCN(c2ccc(N3CCN(CC4CCNCC4)CC3)cc2)C(=O)N1. The summed E-state index contributed by atoms with van der Waals surface area (Å²) in [6.07, 6.45) is -2.12.